The van der Waals surface area contributed by atoms with E-state index in [1.165, 1.54) is 29.7 Å². The fourth-order valence-electron chi connectivity index (χ4n) is 3.10. The van der Waals surface area contributed by atoms with Crippen LogP contribution < -0.4 is 10.1 Å². The summed E-state index contributed by atoms with van der Waals surface area (Å²) in [5.41, 5.74) is 4.12. The van der Waals surface area contributed by atoms with E-state index in [4.69, 9.17) is 4.74 Å². The fraction of sp³-hybridized carbons (Fsp3) is 0.471. The first-order valence-electron chi connectivity index (χ1n) is 7.65. The van der Waals surface area contributed by atoms with Crippen molar-refractivity contribution in [3.63, 3.8) is 0 Å². The van der Waals surface area contributed by atoms with Gasteiger partial charge < -0.3 is 10.1 Å². The standard InChI is InChI=1S/C17H23N3O/c1-20-17-5-3-4-16(15(17)12-19-20)18-11-10-13-6-8-14(21-2)9-7-13/h6-9,12,16,18H,3-5,10-11H2,1-2H3. The minimum atomic E-state index is 0.459. The van der Waals surface area contributed by atoms with E-state index in [2.05, 4.69) is 22.5 Å². The van der Waals surface area contributed by atoms with Crippen LogP contribution in [0, 0.1) is 0 Å². The first-order chi connectivity index (χ1) is 10.3. The van der Waals surface area contributed by atoms with Gasteiger partial charge in [0.25, 0.3) is 0 Å². The van der Waals surface area contributed by atoms with Crippen molar-refractivity contribution in [2.45, 2.75) is 31.7 Å². The van der Waals surface area contributed by atoms with Crippen LogP contribution in [0.15, 0.2) is 30.5 Å². The molecule has 1 N–H and O–H groups in total. The predicted molar refractivity (Wildman–Crippen MR) is 83.6 cm³/mol. The van der Waals surface area contributed by atoms with E-state index in [1.807, 2.05) is 30.1 Å². The van der Waals surface area contributed by atoms with Crippen LogP contribution in [0.4, 0.5) is 0 Å². The summed E-state index contributed by atoms with van der Waals surface area (Å²) >= 11 is 0. The number of hydrogen-bond acceptors (Lipinski definition) is 3. The van der Waals surface area contributed by atoms with Gasteiger partial charge in [-0.25, -0.2) is 0 Å². The third-order valence-corrected chi connectivity index (χ3v) is 4.34. The van der Waals surface area contributed by atoms with Crippen molar-refractivity contribution in [3.8, 4) is 5.75 Å². The second kappa shape index (κ2) is 6.31. The topological polar surface area (TPSA) is 39.1 Å². The van der Waals surface area contributed by atoms with E-state index >= 15 is 0 Å². The number of hydrogen-bond donors (Lipinski definition) is 1. The zero-order chi connectivity index (χ0) is 14.7. The maximum Gasteiger partial charge on any atom is 0.118 e. The molecule has 0 aliphatic heterocycles. The molecule has 1 aliphatic carbocycles. The molecule has 1 heterocycles. The Kier molecular flexibility index (Phi) is 4.25. The lowest BCUT2D eigenvalue weighted by Gasteiger charge is -2.24. The molecular weight excluding hydrogens is 262 g/mol. The summed E-state index contributed by atoms with van der Waals surface area (Å²) in [7, 11) is 3.74. The molecule has 3 rings (SSSR count). The Morgan fingerprint density at radius 2 is 2.14 bits per heavy atom. The summed E-state index contributed by atoms with van der Waals surface area (Å²) in [6.07, 6.45) is 6.67. The van der Waals surface area contributed by atoms with Crippen LogP contribution in [0.2, 0.25) is 0 Å². The molecule has 1 aromatic carbocycles. The number of aryl methyl sites for hydroxylation is 1. The first-order valence-corrected chi connectivity index (χ1v) is 7.65. The Hall–Kier alpha value is -1.81. The molecule has 2 aromatic rings. The molecule has 21 heavy (non-hydrogen) atoms. The lowest BCUT2D eigenvalue weighted by atomic mass is 9.93. The summed E-state index contributed by atoms with van der Waals surface area (Å²) in [5, 5.41) is 8.08. The molecular formula is C17H23N3O. The Bertz CT molecular complexity index is 589. The quantitative estimate of drug-likeness (QED) is 0.918. The van der Waals surface area contributed by atoms with Gasteiger partial charge in [0.1, 0.15) is 5.75 Å². The van der Waals surface area contributed by atoms with Gasteiger partial charge in [0.2, 0.25) is 0 Å². The summed E-state index contributed by atoms with van der Waals surface area (Å²) in [6, 6.07) is 8.78. The highest BCUT2D eigenvalue weighted by molar-refractivity contribution is 5.28. The third kappa shape index (κ3) is 3.10. The number of aromatic nitrogens is 2. The van der Waals surface area contributed by atoms with Crippen molar-refractivity contribution >= 4 is 0 Å². The Morgan fingerprint density at radius 1 is 1.33 bits per heavy atom. The Morgan fingerprint density at radius 3 is 2.90 bits per heavy atom. The smallest absolute Gasteiger partial charge is 0.118 e. The van der Waals surface area contributed by atoms with Crippen LogP contribution in [-0.2, 0) is 19.9 Å². The van der Waals surface area contributed by atoms with Crippen molar-refractivity contribution in [1.29, 1.82) is 0 Å². The molecule has 0 saturated heterocycles. The van der Waals surface area contributed by atoms with Gasteiger partial charge in [-0.15, -0.1) is 0 Å². The molecule has 0 saturated carbocycles. The minimum absolute atomic E-state index is 0.459. The zero-order valence-corrected chi connectivity index (χ0v) is 12.8. The second-order valence-corrected chi connectivity index (χ2v) is 5.67. The Balaban J connectivity index is 1.56. The van der Waals surface area contributed by atoms with Gasteiger partial charge in [-0.05, 0) is 49.9 Å². The van der Waals surface area contributed by atoms with E-state index in [0.29, 0.717) is 6.04 Å². The maximum absolute atomic E-state index is 5.19. The number of nitrogens with zero attached hydrogens (tertiary/aromatic N) is 2. The molecule has 1 aliphatic rings. The average Bonchev–Trinajstić information content (AvgIpc) is 2.91. The van der Waals surface area contributed by atoms with Crippen molar-refractivity contribution in [2.75, 3.05) is 13.7 Å². The summed E-state index contributed by atoms with van der Waals surface area (Å²) in [4.78, 5) is 0. The first kappa shape index (κ1) is 14.1. The van der Waals surface area contributed by atoms with Gasteiger partial charge in [-0.3, -0.25) is 4.68 Å². The highest BCUT2D eigenvalue weighted by Crippen LogP contribution is 2.28. The SMILES string of the molecule is COc1ccc(CCNC2CCCc3c2cnn3C)cc1. The molecule has 1 aromatic heterocycles. The van der Waals surface area contributed by atoms with Crippen molar-refractivity contribution in [1.82, 2.24) is 15.1 Å². The average molecular weight is 285 g/mol. The largest absolute Gasteiger partial charge is 0.497 e. The van der Waals surface area contributed by atoms with E-state index in [9.17, 15) is 0 Å². The number of benzene rings is 1. The van der Waals surface area contributed by atoms with E-state index in [1.54, 1.807) is 7.11 Å². The van der Waals surface area contributed by atoms with Crippen LogP contribution in [0.3, 0.4) is 0 Å². The van der Waals surface area contributed by atoms with Crippen LogP contribution in [0.5, 0.6) is 5.75 Å². The van der Waals surface area contributed by atoms with Gasteiger partial charge >= 0.3 is 0 Å². The highest BCUT2D eigenvalue weighted by Gasteiger charge is 2.22. The fourth-order valence-corrected chi connectivity index (χ4v) is 3.10. The monoisotopic (exact) mass is 285 g/mol. The molecule has 112 valence electrons. The summed E-state index contributed by atoms with van der Waals surface area (Å²) < 4.78 is 7.21. The molecule has 1 atom stereocenters. The molecule has 1 unspecified atom stereocenters. The van der Waals surface area contributed by atoms with E-state index in [-0.39, 0.29) is 0 Å². The molecule has 4 nitrogen and oxygen atoms in total. The molecule has 0 bridgehead atoms. The lowest BCUT2D eigenvalue weighted by molar-refractivity contribution is 0.414. The molecule has 4 heteroatoms. The van der Waals surface area contributed by atoms with Crippen LogP contribution in [0.25, 0.3) is 0 Å². The van der Waals surface area contributed by atoms with Gasteiger partial charge in [-0.2, -0.15) is 5.10 Å². The van der Waals surface area contributed by atoms with Crippen LogP contribution in [0.1, 0.15) is 35.7 Å². The normalized spacial score (nSPS) is 17.5. The highest BCUT2D eigenvalue weighted by atomic mass is 16.5. The predicted octanol–water partition coefficient (Wildman–Crippen LogP) is 2.64. The maximum atomic E-state index is 5.19. The van der Waals surface area contributed by atoms with Gasteiger partial charge in [-0.1, -0.05) is 12.1 Å². The van der Waals surface area contributed by atoms with Crippen molar-refractivity contribution in [3.05, 3.63) is 47.3 Å². The van der Waals surface area contributed by atoms with E-state index < -0.39 is 0 Å². The van der Waals surface area contributed by atoms with Crippen molar-refractivity contribution in [2.24, 2.45) is 7.05 Å². The number of nitrogens with one attached hydrogen (secondary N) is 1. The van der Waals surface area contributed by atoms with Crippen molar-refractivity contribution < 1.29 is 4.74 Å². The molecule has 0 spiro atoms. The van der Waals surface area contributed by atoms with Crippen LogP contribution >= 0.6 is 0 Å². The minimum Gasteiger partial charge on any atom is -0.497 e. The molecule has 0 fully saturated rings. The lowest BCUT2D eigenvalue weighted by Crippen LogP contribution is -2.27. The van der Waals surface area contributed by atoms with Crippen LogP contribution in [-0.4, -0.2) is 23.4 Å². The Labute approximate surface area is 126 Å². The number of rotatable bonds is 5. The second-order valence-electron chi connectivity index (χ2n) is 5.67. The summed E-state index contributed by atoms with van der Waals surface area (Å²) in [5.74, 6) is 0.916. The number of fused-ring (bicyclic) bond motifs is 1. The van der Waals surface area contributed by atoms with Gasteiger partial charge in [0.05, 0.1) is 13.3 Å². The van der Waals surface area contributed by atoms with E-state index in [0.717, 1.165) is 25.1 Å². The molecule has 0 amide bonds. The number of ether oxygens (including phenoxy) is 1. The third-order valence-electron chi connectivity index (χ3n) is 4.34. The zero-order valence-electron chi connectivity index (χ0n) is 12.8. The van der Waals surface area contributed by atoms with Gasteiger partial charge in [0.15, 0.2) is 0 Å². The molecule has 0 radical (unpaired) electrons. The summed E-state index contributed by atoms with van der Waals surface area (Å²) in [6.45, 7) is 0.991. The van der Waals surface area contributed by atoms with Gasteiger partial charge in [0, 0.05) is 24.3 Å². The number of methoxy groups -OCH3 is 1.